The van der Waals surface area contributed by atoms with Crippen molar-refractivity contribution in [3.63, 3.8) is 0 Å². The molecule has 1 amide bonds. The lowest BCUT2D eigenvalue weighted by Gasteiger charge is -2.25. The Balaban J connectivity index is 1.64. The van der Waals surface area contributed by atoms with Crippen molar-refractivity contribution in [1.29, 1.82) is 0 Å². The van der Waals surface area contributed by atoms with Crippen LogP contribution < -0.4 is 5.32 Å². The first-order valence-corrected chi connectivity index (χ1v) is 8.64. The minimum absolute atomic E-state index is 0.171. The molecule has 1 aromatic carbocycles. The third-order valence-electron chi connectivity index (χ3n) is 5.41. The van der Waals surface area contributed by atoms with E-state index in [-0.39, 0.29) is 17.9 Å². The van der Waals surface area contributed by atoms with Crippen LogP contribution in [0.1, 0.15) is 61.4 Å². The summed E-state index contributed by atoms with van der Waals surface area (Å²) < 4.78 is 0. The molecule has 1 heterocycles. The van der Waals surface area contributed by atoms with Gasteiger partial charge in [0.2, 0.25) is 5.91 Å². The molecule has 2 N–H and O–H groups in total. The van der Waals surface area contributed by atoms with E-state index in [1.807, 2.05) is 0 Å². The molecule has 116 valence electrons. The van der Waals surface area contributed by atoms with Gasteiger partial charge in [-0.25, -0.2) is 0 Å². The van der Waals surface area contributed by atoms with Crippen molar-refractivity contribution in [2.24, 2.45) is 5.92 Å². The van der Waals surface area contributed by atoms with Crippen molar-refractivity contribution in [2.45, 2.75) is 57.9 Å². The van der Waals surface area contributed by atoms with Gasteiger partial charge in [0.1, 0.15) is 0 Å². The Kier molecular flexibility index (Phi) is 3.44. The number of amides is 1. The van der Waals surface area contributed by atoms with E-state index < -0.39 is 0 Å². The van der Waals surface area contributed by atoms with E-state index in [0.29, 0.717) is 0 Å². The summed E-state index contributed by atoms with van der Waals surface area (Å²) >= 11 is 0. The first kappa shape index (κ1) is 13.9. The van der Waals surface area contributed by atoms with Crippen molar-refractivity contribution >= 4 is 16.8 Å². The predicted octanol–water partition coefficient (Wildman–Crippen LogP) is 4.16. The maximum Gasteiger partial charge on any atom is 0.223 e. The fourth-order valence-corrected chi connectivity index (χ4v) is 4.20. The molecule has 1 fully saturated rings. The van der Waals surface area contributed by atoms with Gasteiger partial charge < -0.3 is 10.3 Å². The number of H-pyrrole nitrogens is 1. The summed E-state index contributed by atoms with van der Waals surface area (Å²) in [4.78, 5) is 16.0. The number of rotatable bonds is 2. The van der Waals surface area contributed by atoms with Crippen LogP contribution in [0.2, 0.25) is 0 Å². The molecule has 22 heavy (non-hydrogen) atoms. The maximum absolute atomic E-state index is 12.5. The Morgan fingerprint density at radius 3 is 2.82 bits per heavy atom. The summed E-state index contributed by atoms with van der Waals surface area (Å²) in [7, 11) is 0. The minimum atomic E-state index is 0.171. The number of carbonyl (C=O) groups excluding carboxylic acids is 1. The van der Waals surface area contributed by atoms with Gasteiger partial charge in [0.25, 0.3) is 0 Å². The molecule has 2 aliphatic carbocycles. The maximum atomic E-state index is 12.5. The van der Waals surface area contributed by atoms with Gasteiger partial charge in [-0.1, -0.05) is 24.5 Å². The Hall–Kier alpha value is -1.77. The lowest BCUT2D eigenvalue weighted by atomic mass is 9.91. The lowest BCUT2D eigenvalue weighted by Crippen LogP contribution is -2.34. The van der Waals surface area contributed by atoms with Crippen molar-refractivity contribution in [3.8, 4) is 0 Å². The molecule has 4 rings (SSSR count). The molecule has 2 aromatic rings. The number of carbonyl (C=O) groups is 1. The standard InChI is InChI=1S/C19H24N2O/c1-12-9-10-16-15(11-12)14-7-4-8-17(18(14)20-16)21-19(22)13-5-2-3-6-13/h9-11,13,17,20H,2-8H2,1H3,(H,21,22). The highest BCUT2D eigenvalue weighted by atomic mass is 16.1. The third-order valence-corrected chi connectivity index (χ3v) is 5.41. The van der Waals surface area contributed by atoms with Gasteiger partial charge in [-0.3, -0.25) is 4.79 Å². The second-order valence-corrected chi connectivity index (χ2v) is 7.00. The van der Waals surface area contributed by atoms with Gasteiger partial charge in [-0.05, 0) is 56.7 Å². The largest absolute Gasteiger partial charge is 0.356 e. The van der Waals surface area contributed by atoms with Gasteiger partial charge in [0, 0.05) is 22.5 Å². The molecule has 0 spiro atoms. The highest BCUT2D eigenvalue weighted by Gasteiger charge is 2.29. The van der Waals surface area contributed by atoms with E-state index >= 15 is 0 Å². The number of hydrogen-bond donors (Lipinski definition) is 2. The summed E-state index contributed by atoms with van der Waals surface area (Å²) in [6.07, 6.45) is 7.88. The number of hydrogen-bond acceptors (Lipinski definition) is 1. The van der Waals surface area contributed by atoms with Crippen molar-refractivity contribution in [1.82, 2.24) is 10.3 Å². The predicted molar refractivity (Wildman–Crippen MR) is 88.8 cm³/mol. The monoisotopic (exact) mass is 296 g/mol. The fourth-order valence-electron chi connectivity index (χ4n) is 4.20. The second-order valence-electron chi connectivity index (χ2n) is 7.00. The molecule has 1 unspecified atom stereocenters. The average Bonchev–Trinajstić information content (AvgIpc) is 3.15. The Bertz CT molecular complexity index is 710. The SMILES string of the molecule is Cc1ccc2[nH]c3c(c2c1)CCCC3NC(=O)C1CCCC1. The normalized spacial score (nSPS) is 22.0. The zero-order valence-electron chi connectivity index (χ0n) is 13.2. The molecular weight excluding hydrogens is 272 g/mol. The van der Waals surface area contributed by atoms with Gasteiger partial charge in [-0.15, -0.1) is 0 Å². The molecule has 0 saturated heterocycles. The zero-order chi connectivity index (χ0) is 15.1. The second kappa shape index (κ2) is 5.45. The molecule has 0 radical (unpaired) electrons. The molecule has 2 aliphatic rings. The molecular formula is C19H24N2O. The fraction of sp³-hybridized carbons (Fsp3) is 0.526. The van der Waals surface area contributed by atoms with Crippen LogP contribution in [0.25, 0.3) is 10.9 Å². The Morgan fingerprint density at radius 1 is 1.18 bits per heavy atom. The van der Waals surface area contributed by atoms with Crippen molar-refractivity contribution in [3.05, 3.63) is 35.0 Å². The van der Waals surface area contributed by atoms with Crippen molar-refractivity contribution < 1.29 is 4.79 Å². The van der Waals surface area contributed by atoms with Gasteiger partial charge in [0.15, 0.2) is 0 Å². The van der Waals surface area contributed by atoms with Crippen LogP contribution in [-0.2, 0) is 11.2 Å². The molecule has 0 bridgehead atoms. The summed E-state index contributed by atoms with van der Waals surface area (Å²) in [6.45, 7) is 2.14. The smallest absolute Gasteiger partial charge is 0.223 e. The van der Waals surface area contributed by atoms with Crippen LogP contribution in [0.15, 0.2) is 18.2 Å². The quantitative estimate of drug-likeness (QED) is 0.858. The van der Waals surface area contributed by atoms with Gasteiger partial charge in [0.05, 0.1) is 6.04 Å². The van der Waals surface area contributed by atoms with E-state index in [4.69, 9.17) is 0 Å². The summed E-state index contributed by atoms with van der Waals surface area (Å²) in [5, 5.41) is 4.66. The minimum Gasteiger partial charge on any atom is -0.356 e. The van der Waals surface area contributed by atoms with Gasteiger partial charge >= 0.3 is 0 Å². The van der Waals surface area contributed by atoms with Gasteiger partial charge in [-0.2, -0.15) is 0 Å². The number of aromatic nitrogens is 1. The number of aromatic amines is 1. The zero-order valence-corrected chi connectivity index (χ0v) is 13.2. The summed E-state index contributed by atoms with van der Waals surface area (Å²) in [5.74, 6) is 0.516. The molecule has 1 atom stereocenters. The first-order valence-electron chi connectivity index (χ1n) is 8.64. The molecule has 3 nitrogen and oxygen atoms in total. The molecule has 1 saturated carbocycles. The van der Waals surface area contributed by atoms with E-state index in [1.165, 1.54) is 40.6 Å². The van der Waals surface area contributed by atoms with E-state index in [0.717, 1.165) is 32.1 Å². The van der Waals surface area contributed by atoms with Crippen LogP contribution in [-0.4, -0.2) is 10.9 Å². The molecule has 1 aromatic heterocycles. The van der Waals surface area contributed by atoms with Crippen LogP contribution in [0, 0.1) is 12.8 Å². The van der Waals surface area contributed by atoms with Crippen LogP contribution in [0.3, 0.4) is 0 Å². The summed E-state index contributed by atoms with van der Waals surface area (Å²) in [6, 6.07) is 6.76. The lowest BCUT2D eigenvalue weighted by molar-refractivity contribution is -0.125. The average molecular weight is 296 g/mol. The van der Waals surface area contributed by atoms with Crippen LogP contribution in [0.5, 0.6) is 0 Å². The summed E-state index contributed by atoms with van der Waals surface area (Å²) in [5.41, 5.74) is 5.17. The number of benzene rings is 1. The molecule has 3 heteroatoms. The van der Waals surface area contributed by atoms with E-state index in [1.54, 1.807) is 0 Å². The van der Waals surface area contributed by atoms with E-state index in [2.05, 4.69) is 35.4 Å². The Labute approximate surface area is 131 Å². The number of aryl methyl sites for hydroxylation is 2. The van der Waals surface area contributed by atoms with Crippen LogP contribution >= 0.6 is 0 Å². The molecule has 0 aliphatic heterocycles. The third kappa shape index (κ3) is 2.33. The topological polar surface area (TPSA) is 44.9 Å². The van der Waals surface area contributed by atoms with Crippen molar-refractivity contribution in [2.75, 3.05) is 0 Å². The Morgan fingerprint density at radius 2 is 2.00 bits per heavy atom. The highest BCUT2D eigenvalue weighted by molar-refractivity contribution is 5.86. The number of fused-ring (bicyclic) bond motifs is 3. The number of nitrogens with one attached hydrogen (secondary N) is 2. The van der Waals surface area contributed by atoms with E-state index in [9.17, 15) is 4.79 Å². The first-order chi connectivity index (χ1) is 10.7. The van der Waals surface area contributed by atoms with Crippen LogP contribution in [0.4, 0.5) is 0 Å². The highest BCUT2D eigenvalue weighted by Crippen LogP contribution is 2.36.